The van der Waals surface area contributed by atoms with Crippen LogP contribution >= 0.6 is 11.8 Å². The number of benzene rings is 2. The van der Waals surface area contributed by atoms with Crippen LogP contribution in [0.2, 0.25) is 0 Å². The van der Waals surface area contributed by atoms with Crippen molar-refractivity contribution in [3.8, 4) is 11.5 Å². The fourth-order valence-corrected chi connectivity index (χ4v) is 3.97. The molecule has 3 rings (SSSR count). The van der Waals surface area contributed by atoms with Gasteiger partial charge in [0.1, 0.15) is 11.7 Å². The van der Waals surface area contributed by atoms with Crippen LogP contribution in [0, 0.1) is 0 Å². The number of methoxy groups -OCH3 is 2. The topological polar surface area (TPSA) is 55.8 Å². The van der Waals surface area contributed by atoms with Crippen LogP contribution in [0.4, 0.5) is 0 Å². The van der Waals surface area contributed by atoms with Crippen molar-refractivity contribution >= 4 is 24.0 Å². The molecule has 0 N–H and O–H groups in total. The van der Waals surface area contributed by atoms with Crippen molar-refractivity contribution in [2.75, 3.05) is 20.0 Å². The second-order valence-electron chi connectivity index (χ2n) is 5.56. The number of thioether (sulfide) groups is 1. The fourth-order valence-electron chi connectivity index (χ4n) is 2.98. The molecule has 1 aliphatic heterocycles. The van der Waals surface area contributed by atoms with E-state index in [9.17, 15) is 9.59 Å². The maximum absolute atomic E-state index is 12.8. The lowest BCUT2D eigenvalue weighted by Gasteiger charge is -2.25. The Labute approximate surface area is 150 Å². The van der Waals surface area contributed by atoms with Crippen LogP contribution < -0.4 is 9.47 Å². The Balaban J connectivity index is 1.90. The van der Waals surface area contributed by atoms with Crippen LogP contribution in [0.15, 0.2) is 42.5 Å². The minimum Gasteiger partial charge on any atom is -0.493 e. The van der Waals surface area contributed by atoms with E-state index in [2.05, 4.69) is 0 Å². The van der Waals surface area contributed by atoms with E-state index in [0.29, 0.717) is 29.4 Å². The van der Waals surface area contributed by atoms with Crippen molar-refractivity contribution in [3.63, 3.8) is 0 Å². The summed E-state index contributed by atoms with van der Waals surface area (Å²) >= 11 is 1.46. The Morgan fingerprint density at radius 2 is 1.88 bits per heavy atom. The Bertz CT molecular complexity index is 793. The predicted octanol–water partition coefficient (Wildman–Crippen LogP) is 3.29. The van der Waals surface area contributed by atoms with Crippen molar-refractivity contribution in [3.05, 3.63) is 59.2 Å². The van der Waals surface area contributed by atoms with Gasteiger partial charge in [0.15, 0.2) is 11.5 Å². The molecule has 0 spiro atoms. The summed E-state index contributed by atoms with van der Waals surface area (Å²) in [5.41, 5.74) is 2.60. The van der Waals surface area contributed by atoms with E-state index in [0.717, 1.165) is 17.4 Å². The largest absolute Gasteiger partial charge is 0.493 e. The molecule has 1 heterocycles. The Kier molecular flexibility index (Phi) is 5.28. The molecule has 1 atom stereocenters. The summed E-state index contributed by atoms with van der Waals surface area (Å²) in [6.45, 7) is 0.435. The third-order valence-electron chi connectivity index (χ3n) is 4.12. The molecular formula is C19H19NO4S. The van der Waals surface area contributed by atoms with Gasteiger partial charge in [0.2, 0.25) is 0 Å². The van der Waals surface area contributed by atoms with Crippen LogP contribution in [-0.4, -0.2) is 37.1 Å². The number of hydrogen-bond donors (Lipinski definition) is 0. The summed E-state index contributed by atoms with van der Waals surface area (Å²) in [5.74, 6) is 1.60. The quantitative estimate of drug-likeness (QED) is 0.712. The van der Waals surface area contributed by atoms with Crippen LogP contribution in [0.5, 0.6) is 11.5 Å². The van der Waals surface area contributed by atoms with Crippen molar-refractivity contribution in [1.29, 1.82) is 0 Å². The molecule has 1 aliphatic rings. The van der Waals surface area contributed by atoms with Gasteiger partial charge in [-0.15, -0.1) is 11.8 Å². The summed E-state index contributed by atoms with van der Waals surface area (Å²) in [7, 11) is 3.17. The molecule has 0 saturated heterocycles. The van der Waals surface area contributed by atoms with E-state index < -0.39 is 0 Å². The van der Waals surface area contributed by atoms with Gasteiger partial charge >= 0.3 is 0 Å². The van der Waals surface area contributed by atoms with E-state index in [1.54, 1.807) is 19.1 Å². The zero-order valence-corrected chi connectivity index (χ0v) is 14.9. The Morgan fingerprint density at radius 1 is 1.12 bits per heavy atom. The molecule has 2 aromatic carbocycles. The molecule has 0 aliphatic carbocycles. The van der Waals surface area contributed by atoms with Gasteiger partial charge in [0.05, 0.1) is 20.0 Å². The predicted molar refractivity (Wildman–Crippen MR) is 97.1 cm³/mol. The van der Waals surface area contributed by atoms with Gasteiger partial charge in [-0.1, -0.05) is 24.3 Å². The highest BCUT2D eigenvalue weighted by Gasteiger charge is 2.36. The first-order valence-corrected chi connectivity index (χ1v) is 8.90. The smallest absolute Gasteiger partial charge is 0.255 e. The third-order valence-corrected chi connectivity index (χ3v) is 5.28. The average molecular weight is 357 g/mol. The molecule has 6 heteroatoms. The van der Waals surface area contributed by atoms with Crippen LogP contribution in [0.25, 0.3) is 0 Å². The second kappa shape index (κ2) is 7.61. The first-order valence-electron chi connectivity index (χ1n) is 7.85. The molecule has 0 aromatic heterocycles. The normalized spacial score (nSPS) is 15.8. The first kappa shape index (κ1) is 17.4. The minimum atomic E-state index is -0.165. The highest BCUT2D eigenvalue weighted by Crippen LogP contribution is 2.42. The summed E-state index contributed by atoms with van der Waals surface area (Å²) in [5, 5.41) is -0.165. The molecule has 2 aromatic rings. The molecular weight excluding hydrogens is 338 g/mol. The fraction of sp³-hybridized carbons (Fsp3) is 0.263. The number of ether oxygens (including phenoxy) is 2. The van der Waals surface area contributed by atoms with Gasteiger partial charge in [-0.05, 0) is 29.3 Å². The molecule has 1 unspecified atom stereocenters. The Hall–Kier alpha value is -2.47. The minimum absolute atomic E-state index is 0.0196. The standard InChI is InChI=1S/C19H19NO4S/c1-23-16-8-7-13(11-17(16)24-2)12-20-18(22)14-5-3-4-6-15(14)19(20)25-10-9-21/h3-9,11,19H,10,12H2,1-2H3. The lowest BCUT2D eigenvalue weighted by Crippen LogP contribution is -2.26. The molecule has 0 fully saturated rings. The number of carbonyl (C=O) groups is 2. The number of fused-ring (bicyclic) bond motifs is 1. The van der Waals surface area contributed by atoms with Crippen LogP contribution in [0.1, 0.15) is 26.9 Å². The number of carbonyl (C=O) groups excluding carboxylic acids is 2. The lowest BCUT2D eigenvalue weighted by atomic mass is 10.1. The first-order chi connectivity index (χ1) is 12.2. The molecule has 1 amide bonds. The van der Waals surface area contributed by atoms with Crippen molar-refractivity contribution < 1.29 is 19.1 Å². The molecule has 0 radical (unpaired) electrons. The van der Waals surface area contributed by atoms with E-state index >= 15 is 0 Å². The number of hydrogen-bond acceptors (Lipinski definition) is 5. The van der Waals surface area contributed by atoms with Gasteiger partial charge in [0, 0.05) is 12.1 Å². The average Bonchev–Trinajstić information content (AvgIpc) is 2.92. The zero-order chi connectivity index (χ0) is 17.8. The van der Waals surface area contributed by atoms with Crippen LogP contribution in [0.3, 0.4) is 0 Å². The van der Waals surface area contributed by atoms with Crippen molar-refractivity contribution in [2.45, 2.75) is 11.9 Å². The lowest BCUT2D eigenvalue weighted by molar-refractivity contribution is -0.105. The molecule has 130 valence electrons. The molecule has 0 bridgehead atoms. The van der Waals surface area contributed by atoms with Gasteiger partial charge in [-0.3, -0.25) is 4.79 Å². The molecule has 0 saturated carbocycles. The summed E-state index contributed by atoms with van der Waals surface area (Å²) in [4.78, 5) is 25.4. The van der Waals surface area contributed by atoms with Crippen LogP contribution in [-0.2, 0) is 11.3 Å². The number of aldehydes is 1. The summed E-state index contributed by atoms with van der Waals surface area (Å²) in [6.07, 6.45) is 0.866. The summed E-state index contributed by atoms with van der Waals surface area (Å²) in [6, 6.07) is 13.2. The maximum atomic E-state index is 12.8. The van der Waals surface area contributed by atoms with Gasteiger partial charge in [-0.25, -0.2) is 0 Å². The number of amides is 1. The zero-order valence-electron chi connectivity index (χ0n) is 14.1. The van der Waals surface area contributed by atoms with E-state index in [-0.39, 0.29) is 11.3 Å². The second-order valence-corrected chi connectivity index (χ2v) is 6.68. The Morgan fingerprint density at radius 3 is 2.60 bits per heavy atom. The third kappa shape index (κ3) is 3.35. The van der Waals surface area contributed by atoms with E-state index in [4.69, 9.17) is 9.47 Å². The van der Waals surface area contributed by atoms with Gasteiger partial charge in [0.25, 0.3) is 5.91 Å². The van der Waals surface area contributed by atoms with Crippen molar-refractivity contribution in [1.82, 2.24) is 4.90 Å². The number of nitrogens with zero attached hydrogens (tertiary/aromatic N) is 1. The maximum Gasteiger partial charge on any atom is 0.255 e. The van der Waals surface area contributed by atoms with E-state index in [1.807, 2.05) is 42.5 Å². The monoisotopic (exact) mass is 357 g/mol. The summed E-state index contributed by atoms with van der Waals surface area (Å²) < 4.78 is 10.6. The highest BCUT2D eigenvalue weighted by molar-refractivity contribution is 8.00. The SMILES string of the molecule is COc1ccc(CN2C(=O)c3ccccc3C2SCC=O)cc1OC. The number of rotatable bonds is 7. The van der Waals surface area contributed by atoms with E-state index in [1.165, 1.54) is 11.8 Å². The molecule has 25 heavy (non-hydrogen) atoms. The molecule has 5 nitrogen and oxygen atoms in total. The van der Waals surface area contributed by atoms with Gasteiger partial charge in [-0.2, -0.15) is 0 Å². The highest BCUT2D eigenvalue weighted by atomic mass is 32.2. The van der Waals surface area contributed by atoms with Crippen molar-refractivity contribution in [2.24, 2.45) is 0 Å². The van der Waals surface area contributed by atoms with Gasteiger partial charge < -0.3 is 19.2 Å².